The van der Waals surface area contributed by atoms with Gasteiger partial charge in [0.1, 0.15) is 6.04 Å². The predicted molar refractivity (Wildman–Crippen MR) is 122 cm³/mol. The summed E-state index contributed by atoms with van der Waals surface area (Å²) in [5, 5.41) is 22.7. The summed E-state index contributed by atoms with van der Waals surface area (Å²) in [4.78, 5) is 47.9. The molecule has 4 aliphatic rings. The maximum absolute atomic E-state index is 13.0. The van der Waals surface area contributed by atoms with Crippen molar-refractivity contribution in [3.63, 3.8) is 0 Å². The number of carbonyl (C=O) groups excluding carboxylic acids is 3. The third-order valence-electron chi connectivity index (χ3n) is 8.36. The Morgan fingerprint density at radius 1 is 1.30 bits per heavy atom. The molecule has 33 heavy (non-hydrogen) atoms. The summed E-state index contributed by atoms with van der Waals surface area (Å²) in [6.07, 6.45) is 6.86. The molecule has 5 N–H and O–H groups in total. The summed E-state index contributed by atoms with van der Waals surface area (Å²) in [6, 6.07) is -1.16. The van der Waals surface area contributed by atoms with E-state index in [2.05, 4.69) is 11.9 Å². The second-order valence-electron chi connectivity index (χ2n) is 10.5. The summed E-state index contributed by atoms with van der Waals surface area (Å²) < 4.78 is 0. The van der Waals surface area contributed by atoms with Crippen LogP contribution in [0.25, 0.3) is 0 Å². The van der Waals surface area contributed by atoms with Gasteiger partial charge >= 0.3 is 5.97 Å². The van der Waals surface area contributed by atoms with E-state index < -0.39 is 46.7 Å². The number of carboxylic acid groups (broad SMARTS) is 1. The van der Waals surface area contributed by atoms with E-state index in [-0.39, 0.29) is 30.5 Å². The number of primary amides is 1. The Morgan fingerprint density at radius 3 is 2.64 bits per heavy atom. The van der Waals surface area contributed by atoms with Crippen molar-refractivity contribution in [2.75, 3.05) is 0 Å². The van der Waals surface area contributed by atoms with Crippen molar-refractivity contribution in [3.05, 3.63) is 24.3 Å². The normalized spacial score (nSPS) is 34.5. The number of nitrogens with two attached hydrogens (primary N) is 1. The number of nitrogens with one attached hydrogen (secondary N) is 1. The monoisotopic (exact) mass is 460 g/mol. The van der Waals surface area contributed by atoms with Crippen LogP contribution in [0.5, 0.6) is 0 Å². The first kappa shape index (κ1) is 25.1. The van der Waals surface area contributed by atoms with Gasteiger partial charge in [-0.25, -0.2) is 4.79 Å². The van der Waals surface area contributed by atoms with Crippen molar-refractivity contribution >= 4 is 23.6 Å². The zero-order chi connectivity index (χ0) is 24.6. The Morgan fingerprint density at radius 2 is 2.00 bits per heavy atom. The maximum Gasteiger partial charge on any atom is 0.326 e. The molecule has 0 heterocycles. The van der Waals surface area contributed by atoms with E-state index in [9.17, 15) is 29.4 Å². The summed E-state index contributed by atoms with van der Waals surface area (Å²) in [5.41, 5.74) is 5.19. The number of hydrogen-bond donors (Lipinski definition) is 4. The third-order valence-corrected chi connectivity index (χ3v) is 8.36. The molecule has 8 heteroatoms. The van der Waals surface area contributed by atoms with Crippen LogP contribution in [-0.2, 0) is 19.2 Å². The van der Waals surface area contributed by atoms with Crippen LogP contribution in [-0.4, -0.2) is 45.9 Å². The molecule has 0 aromatic rings. The number of carbonyl (C=O) groups is 4. The third kappa shape index (κ3) is 4.76. The maximum atomic E-state index is 13.0. The quantitative estimate of drug-likeness (QED) is 0.367. The van der Waals surface area contributed by atoms with Crippen LogP contribution in [0.4, 0.5) is 0 Å². The van der Waals surface area contributed by atoms with Gasteiger partial charge in [0, 0.05) is 23.2 Å². The standard InChI is InChI=1S/C25H36N2O6/c1-14(22(31)27-17(23(32)33)6-7-21(26)30)5-4-9-24(3)18-11-16-12-20(29)25(18,13-15(16)2)10-8-19(24)28/h8,10,14,16-18,20,29H,2,4-7,9,11-13H2,1,3H3,(H2,26,30)(H,27,31)(H,32,33)/t14?,16-,17+,18+,20-,24+,25+/m1/s1. The molecule has 2 bridgehead atoms. The Hall–Kier alpha value is -2.48. The Bertz CT molecular complexity index is 882. The van der Waals surface area contributed by atoms with Gasteiger partial charge in [-0.15, -0.1) is 0 Å². The second-order valence-corrected chi connectivity index (χ2v) is 10.5. The molecule has 4 rings (SSSR count). The van der Waals surface area contributed by atoms with Gasteiger partial charge in [0.05, 0.1) is 6.10 Å². The van der Waals surface area contributed by atoms with Gasteiger partial charge in [0.2, 0.25) is 11.8 Å². The number of aliphatic hydroxyl groups excluding tert-OH is 1. The molecule has 4 aliphatic carbocycles. The van der Waals surface area contributed by atoms with E-state index in [1.54, 1.807) is 13.0 Å². The molecule has 7 atom stereocenters. The average molecular weight is 461 g/mol. The van der Waals surface area contributed by atoms with Crippen LogP contribution in [0.1, 0.15) is 65.2 Å². The van der Waals surface area contributed by atoms with E-state index in [1.807, 2.05) is 13.0 Å². The van der Waals surface area contributed by atoms with Crippen LogP contribution in [0.3, 0.4) is 0 Å². The molecular formula is C25H36N2O6. The number of aliphatic carboxylic acids is 1. The highest BCUT2D eigenvalue weighted by molar-refractivity contribution is 5.96. The topological polar surface area (TPSA) is 147 Å². The zero-order valence-electron chi connectivity index (χ0n) is 19.5. The van der Waals surface area contributed by atoms with Gasteiger partial charge in [-0.3, -0.25) is 14.4 Å². The lowest BCUT2D eigenvalue weighted by Crippen LogP contribution is -2.59. The summed E-state index contributed by atoms with van der Waals surface area (Å²) in [5.74, 6) is -2.32. The van der Waals surface area contributed by atoms with Gasteiger partial charge < -0.3 is 21.3 Å². The fourth-order valence-electron chi connectivity index (χ4n) is 6.23. The molecule has 0 saturated heterocycles. The molecule has 182 valence electrons. The number of amides is 2. The summed E-state index contributed by atoms with van der Waals surface area (Å²) in [7, 11) is 0. The van der Waals surface area contributed by atoms with Crippen LogP contribution < -0.4 is 11.1 Å². The highest BCUT2D eigenvalue weighted by Crippen LogP contribution is 2.64. The summed E-state index contributed by atoms with van der Waals surface area (Å²) in [6.45, 7) is 7.92. The summed E-state index contributed by atoms with van der Waals surface area (Å²) >= 11 is 0. The first-order chi connectivity index (χ1) is 15.4. The molecule has 8 nitrogen and oxygen atoms in total. The van der Waals surface area contributed by atoms with Crippen LogP contribution in [0.15, 0.2) is 24.3 Å². The fraction of sp³-hybridized carbons (Fsp3) is 0.680. The van der Waals surface area contributed by atoms with Crippen molar-refractivity contribution in [1.29, 1.82) is 0 Å². The molecule has 1 unspecified atom stereocenters. The molecule has 1 spiro atoms. The van der Waals surface area contributed by atoms with E-state index in [4.69, 9.17) is 5.73 Å². The average Bonchev–Trinajstić information content (AvgIpc) is 2.74. The van der Waals surface area contributed by atoms with E-state index in [1.165, 1.54) is 0 Å². The Balaban J connectivity index is 1.61. The fourth-order valence-corrected chi connectivity index (χ4v) is 6.23. The molecule has 3 fully saturated rings. The van der Waals surface area contributed by atoms with Crippen LogP contribution in [0.2, 0.25) is 0 Å². The molecule has 0 aromatic carbocycles. The molecule has 2 amide bonds. The van der Waals surface area contributed by atoms with Gasteiger partial charge in [-0.2, -0.15) is 0 Å². The number of carboxylic acids is 1. The van der Waals surface area contributed by atoms with Gasteiger partial charge in [0.15, 0.2) is 5.78 Å². The smallest absolute Gasteiger partial charge is 0.326 e. The highest BCUT2D eigenvalue weighted by Gasteiger charge is 2.61. The SMILES string of the molecule is C=C1C[C@@]23C=CC(=O)[C@@](C)(CCCC(C)C(=O)N[C@@H](CCC(N)=O)C(=O)O)[C@@H]2C[C@@H]1C[C@H]3O. The minimum absolute atomic E-state index is 0.0380. The Kier molecular flexibility index (Phi) is 7.17. The highest BCUT2D eigenvalue weighted by atomic mass is 16.4. The van der Waals surface area contributed by atoms with E-state index in [0.29, 0.717) is 32.1 Å². The van der Waals surface area contributed by atoms with Gasteiger partial charge in [-0.1, -0.05) is 38.5 Å². The lowest BCUT2D eigenvalue weighted by molar-refractivity contribution is -0.148. The minimum atomic E-state index is -1.21. The molecular weight excluding hydrogens is 424 g/mol. The number of hydrogen-bond acceptors (Lipinski definition) is 5. The molecule has 3 saturated carbocycles. The molecule has 0 aromatic heterocycles. The van der Waals surface area contributed by atoms with Crippen molar-refractivity contribution in [1.82, 2.24) is 5.32 Å². The van der Waals surface area contributed by atoms with Crippen molar-refractivity contribution < 1.29 is 29.4 Å². The number of aliphatic hydroxyl groups is 1. The van der Waals surface area contributed by atoms with Crippen molar-refractivity contribution in [3.8, 4) is 0 Å². The lowest BCUT2D eigenvalue weighted by Gasteiger charge is -2.61. The van der Waals surface area contributed by atoms with E-state index >= 15 is 0 Å². The number of fused-ring (bicyclic) bond motifs is 2. The zero-order valence-corrected chi connectivity index (χ0v) is 19.5. The number of allylic oxidation sites excluding steroid dienone is 2. The number of rotatable bonds is 10. The van der Waals surface area contributed by atoms with Gasteiger partial charge in [0.25, 0.3) is 0 Å². The van der Waals surface area contributed by atoms with Crippen molar-refractivity contribution in [2.24, 2.45) is 34.3 Å². The second kappa shape index (κ2) is 9.41. The van der Waals surface area contributed by atoms with Gasteiger partial charge in [-0.05, 0) is 56.4 Å². The van der Waals surface area contributed by atoms with Crippen molar-refractivity contribution in [2.45, 2.75) is 77.4 Å². The minimum Gasteiger partial charge on any atom is -0.480 e. The first-order valence-electron chi connectivity index (χ1n) is 11.8. The predicted octanol–water partition coefficient (Wildman–Crippen LogP) is 2.11. The molecule has 0 radical (unpaired) electrons. The lowest BCUT2D eigenvalue weighted by atomic mass is 9.43. The van der Waals surface area contributed by atoms with Crippen LogP contribution >= 0.6 is 0 Å². The van der Waals surface area contributed by atoms with E-state index in [0.717, 1.165) is 12.0 Å². The molecule has 0 aliphatic heterocycles. The number of ketones is 1. The Labute approximate surface area is 194 Å². The largest absolute Gasteiger partial charge is 0.480 e. The first-order valence-corrected chi connectivity index (χ1v) is 11.8. The van der Waals surface area contributed by atoms with Crippen LogP contribution in [0, 0.1) is 28.6 Å².